The van der Waals surface area contributed by atoms with Gasteiger partial charge in [-0.2, -0.15) is 0 Å². The molecule has 1 aliphatic heterocycles. The van der Waals surface area contributed by atoms with E-state index in [9.17, 15) is 9.59 Å². The highest BCUT2D eigenvalue weighted by atomic mass is 16.6. The van der Waals surface area contributed by atoms with Gasteiger partial charge in [0.05, 0.1) is 12.0 Å². The number of hydrogen-bond acceptors (Lipinski definition) is 3. The van der Waals surface area contributed by atoms with Crippen molar-refractivity contribution in [3.8, 4) is 0 Å². The Morgan fingerprint density at radius 3 is 2.65 bits per heavy atom. The molecule has 1 saturated heterocycles. The van der Waals surface area contributed by atoms with Crippen LogP contribution in [0.3, 0.4) is 0 Å². The average Bonchev–Trinajstić information content (AvgIpc) is 2.70. The molecule has 0 N–H and O–H groups in total. The first-order valence-corrected chi connectivity index (χ1v) is 6.13. The van der Waals surface area contributed by atoms with Crippen LogP contribution in [0, 0.1) is 17.8 Å². The summed E-state index contributed by atoms with van der Waals surface area (Å²) in [7, 11) is 0. The number of imide groups is 1. The Bertz CT molecular complexity index is 421. The van der Waals surface area contributed by atoms with E-state index in [1.54, 1.807) is 0 Å². The van der Waals surface area contributed by atoms with Crippen molar-refractivity contribution in [2.45, 2.75) is 38.8 Å². The first kappa shape index (κ1) is 10.8. The molecule has 2 bridgehead atoms. The number of carbonyl (C=O) groups excluding carboxylic acids is 2. The monoisotopic (exact) mass is 235 g/mol. The van der Waals surface area contributed by atoms with Crippen molar-refractivity contribution < 1.29 is 14.3 Å². The number of rotatable bonds is 0. The van der Waals surface area contributed by atoms with Gasteiger partial charge in [-0.25, -0.2) is 9.69 Å². The topological polar surface area (TPSA) is 46.6 Å². The Labute approximate surface area is 101 Å². The van der Waals surface area contributed by atoms with Gasteiger partial charge < -0.3 is 4.74 Å². The van der Waals surface area contributed by atoms with Gasteiger partial charge in [-0.05, 0) is 39.0 Å². The molecule has 4 heteroatoms. The summed E-state index contributed by atoms with van der Waals surface area (Å²) in [5, 5.41) is 0. The van der Waals surface area contributed by atoms with Crippen LogP contribution < -0.4 is 0 Å². The fraction of sp³-hybridized carbons (Fsp3) is 0.692. The Morgan fingerprint density at radius 2 is 2.00 bits per heavy atom. The Morgan fingerprint density at radius 1 is 1.35 bits per heavy atom. The lowest BCUT2D eigenvalue weighted by molar-refractivity contribution is -0.154. The van der Waals surface area contributed by atoms with E-state index in [2.05, 4.69) is 12.2 Å². The minimum Gasteiger partial charge on any atom is -0.443 e. The minimum absolute atomic E-state index is 0.0394. The number of amides is 2. The molecule has 0 aromatic carbocycles. The van der Waals surface area contributed by atoms with E-state index in [4.69, 9.17) is 4.74 Å². The average molecular weight is 235 g/mol. The number of hydrogen-bond donors (Lipinski definition) is 0. The van der Waals surface area contributed by atoms with Crippen LogP contribution in [-0.4, -0.2) is 28.5 Å². The third-order valence-electron chi connectivity index (χ3n) is 3.83. The molecule has 17 heavy (non-hydrogen) atoms. The summed E-state index contributed by atoms with van der Waals surface area (Å²) in [6, 6.07) is 0.0624. The maximum atomic E-state index is 12.0. The molecule has 1 heterocycles. The molecule has 2 amide bonds. The molecule has 4 atom stereocenters. The predicted molar refractivity (Wildman–Crippen MR) is 61.1 cm³/mol. The van der Waals surface area contributed by atoms with Crippen molar-refractivity contribution in [3.05, 3.63) is 12.2 Å². The SMILES string of the molecule is CC(C)(C)OC(=O)N1C(=O)C2C3C=CC(C3)C21. The molecule has 0 aromatic heterocycles. The van der Waals surface area contributed by atoms with Gasteiger partial charge in [-0.15, -0.1) is 0 Å². The third kappa shape index (κ3) is 1.43. The summed E-state index contributed by atoms with van der Waals surface area (Å²) < 4.78 is 5.27. The molecule has 3 aliphatic rings. The Kier molecular flexibility index (Phi) is 1.98. The second kappa shape index (κ2) is 3.12. The molecular formula is C13H17NO3. The van der Waals surface area contributed by atoms with Crippen LogP contribution in [0.1, 0.15) is 27.2 Å². The lowest BCUT2D eigenvalue weighted by Crippen LogP contribution is -2.65. The number of ether oxygens (including phenoxy) is 1. The number of β-lactam (4-membered cyclic amide) rings is 1. The highest BCUT2D eigenvalue weighted by Gasteiger charge is 2.62. The molecule has 2 fully saturated rings. The summed E-state index contributed by atoms with van der Waals surface area (Å²) in [6.07, 6.45) is 4.79. The van der Waals surface area contributed by atoms with Crippen LogP contribution in [0.15, 0.2) is 12.2 Å². The van der Waals surface area contributed by atoms with E-state index < -0.39 is 11.7 Å². The van der Waals surface area contributed by atoms with E-state index in [0.717, 1.165) is 6.42 Å². The largest absolute Gasteiger partial charge is 0.443 e. The maximum absolute atomic E-state index is 12.0. The number of likely N-dealkylation sites (tertiary alicyclic amines) is 1. The molecule has 4 nitrogen and oxygen atoms in total. The lowest BCUT2D eigenvalue weighted by atomic mass is 9.80. The molecule has 0 spiro atoms. The molecule has 0 aromatic rings. The van der Waals surface area contributed by atoms with Gasteiger partial charge in [0.2, 0.25) is 5.91 Å². The van der Waals surface area contributed by atoms with Gasteiger partial charge in [-0.3, -0.25) is 4.79 Å². The fourth-order valence-corrected chi connectivity index (χ4v) is 3.23. The molecular weight excluding hydrogens is 218 g/mol. The second-order valence-corrected chi connectivity index (χ2v) is 6.15. The molecule has 1 saturated carbocycles. The predicted octanol–water partition coefficient (Wildman–Crippen LogP) is 1.95. The number of allylic oxidation sites excluding steroid dienone is 1. The summed E-state index contributed by atoms with van der Waals surface area (Å²) in [6.45, 7) is 5.44. The van der Waals surface area contributed by atoms with Crippen molar-refractivity contribution in [3.63, 3.8) is 0 Å². The highest BCUT2D eigenvalue weighted by molar-refractivity contribution is 6.00. The zero-order valence-corrected chi connectivity index (χ0v) is 10.3. The molecule has 4 unspecified atom stereocenters. The normalized spacial score (nSPS) is 38.1. The third-order valence-corrected chi connectivity index (χ3v) is 3.83. The zero-order chi connectivity index (χ0) is 12.4. The van der Waals surface area contributed by atoms with Gasteiger partial charge in [0.25, 0.3) is 0 Å². The first-order chi connectivity index (χ1) is 7.88. The van der Waals surface area contributed by atoms with Gasteiger partial charge in [0.15, 0.2) is 0 Å². The van der Waals surface area contributed by atoms with E-state index in [0.29, 0.717) is 11.8 Å². The standard InChI is InChI=1S/C13H17NO3/c1-13(2,3)17-12(16)14-10-8-5-4-7(6-8)9(10)11(14)15/h4-5,7-10H,6H2,1-3H3. The van der Waals surface area contributed by atoms with Gasteiger partial charge in [0, 0.05) is 0 Å². The summed E-state index contributed by atoms with van der Waals surface area (Å²) in [5.74, 6) is 0.699. The summed E-state index contributed by atoms with van der Waals surface area (Å²) in [5.41, 5.74) is -0.546. The van der Waals surface area contributed by atoms with Crippen LogP contribution in [0.25, 0.3) is 0 Å². The molecule has 2 aliphatic carbocycles. The van der Waals surface area contributed by atoms with Crippen LogP contribution in [-0.2, 0) is 9.53 Å². The number of nitrogens with zero attached hydrogens (tertiary/aromatic N) is 1. The lowest BCUT2D eigenvalue weighted by Gasteiger charge is -2.46. The van der Waals surface area contributed by atoms with Crippen LogP contribution in [0.5, 0.6) is 0 Å². The van der Waals surface area contributed by atoms with Crippen LogP contribution in [0.2, 0.25) is 0 Å². The van der Waals surface area contributed by atoms with Crippen molar-refractivity contribution in [1.82, 2.24) is 4.90 Å². The Hall–Kier alpha value is -1.32. The quantitative estimate of drug-likeness (QED) is 0.476. The number of fused-ring (bicyclic) bond motifs is 5. The summed E-state index contributed by atoms with van der Waals surface area (Å²) in [4.78, 5) is 25.2. The fourth-order valence-electron chi connectivity index (χ4n) is 3.23. The molecule has 0 radical (unpaired) electrons. The van der Waals surface area contributed by atoms with E-state index in [1.165, 1.54) is 4.90 Å². The second-order valence-electron chi connectivity index (χ2n) is 6.15. The summed E-state index contributed by atoms with van der Waals surface area (Å²) >= 11 is 0. The van der Waals surface area contributed by atoms with Gasteiger partial charge in [0.1, 0.15) is 5.60 Å². The van der Waals surface area contributed by atoms with Crippen molar-refractivity contribution in [1.29, 1.82) is 0 Å². The van der Waals surface area contributed by atoms with E-state index >= 15 is 0 Å². The highest BCUT2D eigenvalue weighted by Crippen LogP contribution is 2.52. The molecule has 3 rings (SSSR count). The zero-order valence-electron chi connectivity index (χ0n) is 10.3. The van der Waals surface area contributed by atoms with Crippen molar-refractivity contribution >= 4 is 12.0 Å². The Balaban J connectivity index is 1.76. The van der Waals surface area contributed by atoms with Crippen molar-refractivity contribution in [2.24, 2.45) is 17.8 Å². The van der Waals surface area contributed by atoms with Gasteiger partial charge >= 0.3 is 6.09 Å². The maximum Gasteiger partial charge on any atom is 0.417 e. The van der Waals surface area contributed by atoms with E-state index in [-0.39, 0.29) is 17.9 Å². The van der Waals surface area contributed by atoms with Crippen molar-refractivity contribution in [2.75, 3.05) is 0 Å². The minimum atomic E-state index is -0.546. The van der Waals surface area contributed by atoms with Crippen LogP contribution >= 0.6 is 0 Å². The van der Waals surface area contributed by atoms with E-state index in [1.807, 2.05) is 20.8 Å². The first-order valence-electron chi connectivity index (χ1n) is 6.13. The van der Waals surface area contributed by atoms with Crippen LogP contribution in [0.4, 0.5) is 4.79 Å². The number of carbonyl (C=O) groups is 2. The molecule has 92 valence electrons. The smallest absolute Gasteiger partial charge is 0.417 e. The van der Waals surface area contributed by atoms with Gasteiger partial charge in [-0.1, -0.05) is 12.2 Å².